The molecule has 3 rings (SSSR count). The van der Waals surface area contributed by atoms with Crippen LogP contribution < -0.4 is 10.2 Å². The van der Waals surface area contributed by atoms with E-state index in [1.54, 1.807) is 37.3 Å². The number of amides is 1. The molecule has 0 aliphatic carbocycles. The summed E-state index contributed by atoms with van der Waals surface area (Å²) in [5, 5.41) is 3.25. The monoisotopic (exact) mass is 418 g/mol. The highest BCUT2D eigenvalue weighted by Gasteiger charge is 2.22. The van der Waals surface area contributed by atoms with E-state index in [4.69, 9.17) is 16.3 Å². The predicted molar refractivity (Wildman–Crippen MR) is 110 cm³/mol. The van der Waals surface area contributed by atoms with Crippen molar-refractivity contribution < 1.29 is 14.3 Å². The maximum atomic E-state index is 12.7. The first-order valence-corrected chi connectivity index (χ1v) is 9.96. The van der Waals surface area contributed by atoms with Crippen LogP contribution in [-0.4, -0.2) is 23.1 Å². The van der Waals surface area contributed by atoms with Crippen molar-refractivity contribution in [3.8, 4) is 0 Å². The van der Waals surface area contributed by atoms with Crippen LogP contribution in [0.25, 0.3) is 10.2 Å². The van der Waals surface area contributed by atoms with E-state index in [9.17, 15) is 14.4 Å². The number of hydrogen-bond acceptors (Lipinski definition) is 5. The Hall–Kier alpha value is -2.64. The number of aromatic nitrogens is 1. The molecule has 0 bridgehead atoms. The van der Waals surface area contributed by atoms with E-state index in [2.05, 4.69) is 5.32 Å². The van der Waals surface area contributed by atoms with Gasteiger partial charge in [0.15, 0.2) is 0 Å². The number of ether oxygens (including phenoxy) is 1. The molecule has 6 nitrogen and oxygen atoms in total. The van der Waals surface area contributed by atoms with Crippen LogP contribution in [0.1, 0.15) is 24.9 Å². The van der Waals surface area contributed by atoms with Gasteiger partial charge >= 0.3 is 10.8 Å². The fraction of sp³-hybridized carbons (Fsp3) is 0.250. The van der Waals surface area contributed by atoms with Gasteiger partial charge in [-0.3, -0.25) is 19.0 Å². The van der Waals surface area contributed by atoms with Crippen LogP contribution in [0.2, 0.25) is 5.02 Å². The van der Waals surface area contributed by atoms with Gasteiger partial charge in [-0.05, 0) is 30.7 Å². The molecule has 1 atom stereocenters. The summed E-state index contributed by atoms with van der Waals surface area (Å²) in [4.78, 5) is 36.7. The maximum Gasteiger partial charge on any atom is 0.308 e. The molecule has 0 unspecified atom stereocenters. The van der Waals surface area contributed by atoms with Crippen molar-refractivity contribution in [2.45, 2.75) is 25.9 Å². The summed E-state index contributed by atoms with van der Waals surface area (Å²) < 4.78 is 7.25. The minimum Gasteiger partial charge on any atom is -0.466 e. The zero-order chi connectivity index (χ0) is 20.1. The second kappa shape index (κ2) is 9.03. The van der Waals surface area contributed by atoms with Crippen molar-refractivity contribution in [1.82, 2.24) is 9.88 Å². The normalized spacial score (nSPS) is 11.9. The Labute approximate surface area is 170 Å². The summed E-state index contributed by atoms with van der Waals surface area (Å²) in [5.74, 6) is -0.828. The number of para-hydroxylation sites is 1. The Morgan fingerprint density at radius 3 is 2.64 bits per heavy atom. The zero-order valence-electron chi connectivity index (χ0n) is 15.2. The molecule has 0 aliphatic rings. The molecular formula is C20H19ClN2O4S. The van der Waals surface area contributed by atoms with Crippen LogP contribution in [0.15, 0.2) is 53.3 Å². The number of thiazole rings is 1. The fourth-order valence-corrected chi connectivity index (χ4v) is 4.09. The molecule has 1 heterocycles. The molecule has 28 heavy (non-hydrogen) atoms. The van der Waals surface area contributed by atoms with E-state index in [0.717, 1.165) is 16.0 Å². The van der Waals surface area contributed by atoms with Gasteiger partial charge in [0.05, 0.1) is 29.3 Å². The number of fused-ring (bicyclic) bond motifs is 1. The molecule has 0 aliphatic heterocycles. The molecule has 0 saturated carbocycles. The van der Waals surface area contributed by atoms with E-state index >= 15 is 0 Å². The highest BCUT2D eigenvalue weighted by molar-refractivity contribution is 7.16. The number of hydrogen-bond donors (Lipinski definition) is 1. The van der Waals surface area contributed by atoms with Gasteiger partial charge in [-0.25, -0.2) is 0 Å². The summed E-state index contributed by atoms with van der Waals surface area (Å²) in [6, 6.07) is 13.6. The largest absolute Gasteiger partial charge is 0.466 e. The molecule has 0 saturated heterocycles. The third-order valence-corrected chi connectivity index (χ3v) is 5.47. The minimum absolute atomic E-state index is 0.0530. The average molecular weight is 419 g/mol. The first-order chi connectivity index (χ1) is 13.5. The Bertz CT molecular complexity index is 1060. The second-order valence-electron chi connectivity index (χ2n) is 6.07. The summed E-state index contributed by atoms with van der Waals surface area (Å²) in [6.07, 6.45) is -0.0530. The second-order valence-corrected chi connectivity index (χ2v) is 7.47. The topological polar surface area (TPSA) is 77.4 Å². The molecular weight excluding hydrogens is 400 g/mol. The average Bonchev–Trinajstić information content (AvgIpc) is 2.97. The lowest BCUT2D eigenvalue weighted by molar-refractivity contribution is -0.143. The Morgan fingerprint density at radius 1 is 1.18 bits per heavy atom. The number of esters is 1. The number of carbonyl (C=O) groups excluding carboxylic acids is 2. The zero-order valence-corrected chi connectivity index (χ0v) is 16.8. The van der Waals surface area contributed by atoms with Crippen LogP contribution in [-0.2, 0) is 20.9 Å². The first-order valence-electron chi connectivity index (χ1n) is 8.77. The highest BCUT2D eigenvalue weighted by atomic mass is 35.5. The summed E-state index contributed by atoms with van der Waals surface area (Å²) in [5.41, 5.74) is 1.32. The minimum atomic E-state index is -0.652. The van der Waals surface area contributed by atoms with Crippen molar-refractivity contribution in [2.75, 3.05) is 6.61 Å². The van der Waals surface area contributed by atoms with Crippen LogP contribution in [0.5, 0.6) is 0 Å². The van der Waals surface area contributed by atoms with Crippen molar-refractivity contribution in [2.24, 2.45) is 0 Å². The van der Waals surface area contributed by atoms with Gasteiger partial charge in [0.25, 0.3) is 0 Å². The Balaban J connectivity index is 1.82. The first kappa shape index (κ1) is 20.1. The van der Waals surface area contributed by atoms with Gasteiger partial charge in [0.1, 0.15) is 6.54 Å². The third kappa shape index (κ3) is 4.61. The lowest BCUT2D eigenvalue weighted by Gasteiger charge is -2.20. The van der Waals surface area contributed by atoms with Gasteiger partial charge in [-0.1, -0.05) is 53.3 Å². The van der Waals surface area contributed by atoms with Crippen LogP contribution in [0.3, 0.4) is 0 Å². The van der Waals surface area contributed by atoms with Crippen LogP contribution >= 0.6 is 22.9 Å². The number of nitrogens with one attached hydrogen (secondary N) is 1. The van der Waals surface area contributed by atoms with E-state index < -0.39 is 12.0 Å². The lowest BCUT2D eigenvalue weighted by atomic mass is 10.0. The fourth-order valence-electron chi connectivity index (χ4n) is 2.93. The van der Waals surface area contributed by atoms with E-state index in [-0.39, 0.29) is 30.4 Å². The van der Waals surface area contributed by atoms with E-state index in [1.165, 1.54) is 4.57 Å². The number of halogens is 1. The van der Waals surface area contributed by atoms with Crippen molar-refractivity contribution in [3.05, 3.63) is 68.8 Å². The Morgan fingerprint density at radius 2 is 1.89 bits per heavy atom. The number of benzene rings is 2. The van der Waals surface area contributed by atoms with Gasteiger partial charge in [0, 0.05) is 5.02 Å². The molecule has 2 aromatic carbocycles. The van der Waals surface area contributed by atoms with Crippen LogP contribution in [0.4, 0.5) is 0 Å². The number of carbonyl (C=O) groups is 2. The van der Waals surface area contributed by atoms with Gasteiger partial charge in [0.2, 0.25) is 5.91 Å². The number of rotatable bonds is 7. The van der Waals surface area contributed by atoms with Crippen molar-refractivity contribution in [3.63, 3.8) is 0 Å². The molecule has 0 radical (unpaired) electrons. The predicted octanol–water partition coefficient (Wildman–Crippen LogP) is 3.53. The summed E-state index contributed by atoms with van der Waals surface area (Å²) >= 11 is 7.34. The van der Waals surface area contributed by atoms with Gasteiger partial charge in [-0.2, -0.15) is 0 Å². The molecule has 0 fully saturated rings. The standard InChI is InChI=1S/C20H19ClN2O4S/c1-2-27-19(25)11-15(13-7-3-4-8-14(13)21)22-18(24)12-23-16-9-5-6-10-17(16)28-20(23)26/h3-10,15H,2,11-12H2,1H3,(H,22,24)/t15-/m1/s1. The molecule has 3 aromatic rings. The Kier molecular flexibility index (Phi) is 6.49. The van der Waals surface area contributed by atoms with Gasteiger partial charge < -0.3 is 10.1 Å². The highest BCUT2D eigenvalue weighted by Crippen LogP contribution is 2.25. The number of nitrogens with zero attached hydrogens (tertiary/aromatic N) is 1. The van der Waals surface area contributed by atoms with Crippen molar-refractivity contribution >= 4 is 45.0 Å². The lowest BCUT2D eigenvalue weighted by Crippen LogP contribution is -2.35. The summed E-state index contributed by atoms with van der Waals surface area (Å²) in [7, 11) is 0. The van der Waals surface area contributed by atoms with E-state index in [0.29, 0.717) is 16.1 Å². The van der Waals surface area contributed by atoms with Crippen LogP contribution in [0, 0.1) is 0 Å². The molecule has 0 spiro atoms. The van der Waals surface area contributed by atoms with E-state index in [1.807, 2.05) is 18.2 Å². The summed E-state index contributed by atoms with van der Waals surface area (Å²) in [6.45, 7) is 1.82. The molecule has 1 amide bonds. The van der Waals surface area contributed by atoms with Crippen molar-refractivity contribution in [1.29, 1.82) is 0 Å². The maximum absolute atomic E-state index is 12.7. The molecule has 1 aromatic heterocycles. The SMILES string of the molecule is CCOC(=O)C[C@@H](NC(=O)Cn1c(=O)sc2ccccc21)c1ccccc1Cl. The molecule has 8 heteroatoms. The molecule has 1 N–H and O–H groups in total. The third-order valence-electron chi connectivity index (χ3n) is 4.17. The van der Waals surface area contributed by atoms with Gasteiger partial charge in [-0.15, -0.1) is 0 Å². The smallest absolute Gasteiger partial charge is 0.308 e. The quantitative estimate of drug-likeness (QED) is 0.595. The molecule has 146 valence electrons.